The van der Waals surface area contributed by atoms with Gasteiger partial charge in [-0.05, 0) is 23.9 Å². The normalized spacial score (nSPS) is 13.9. The molecule has 17 heavy (non-hydrogen) atoms. The van der Waals surface area contributed by atoms with Crippen molar-refractivity contribution in [1.82, 2.24) is 0 Å². The Labute approximate surface area is 161 Å². The van der Waals surface area contributed by atoms with E-state index in [1.807, 2.05) is 0 Å². The molecule has 0 N–H and O–H groups in total. The monoisotopic (exact) mass is 406 g/mol. The summed E-state index contributed by atoms with van der Waals surface area (Å²) >= 11 is -4.67. The molecule has 0 radical (unpaired) electrons. The van der Waals surface area contributed by atoms with Gasteiger partial charge in [-0.15, -0.1) is 0 Å². The molecule has 1 rings (SSSR count). The molecule has 1 atom stereocenters. The van der Waals surface area contributed by atoms with Gasteiger partial charge in [0.25, 0.3) is 0 Å². The molecule has 0 heterocycles. The van der Waals surface area contributed by atoms with Gasteiger partial charge in [-0.25, -0.2) is 0 Å². The van der Waals surface area contributed by atoms with E-state index in [9.17, 15) is 26.3 Å². The van der Waals surface area contributed by atoms with Crippen LogP contribution in [-0.2, 0) is 11.1 Å². The second-order valence-electron chi connectivity index (χ2n) is 2.68. The molecule has 0 aliphatic rings. The van der Waals surface area contributed by atoms with Gasteiger partial charge in [0.1, 0.15) is 0 Å². The topological polar surface area (TPSA) is 40.1 Å². The summed E-state index contributed by atoms with van der Waals surface area (Å²) in [5.74, 6) is 0. The molecule has 2 nitrogen and oxygen atoms in total. The van der Waals surface area contributed by atoms with Crippen LogP contribution >= 0.6 is 11.8 Å². The molecule has 1 unspecified atom stereocenters. The maximum Gasteiger partial charge on any atom is 1.00 e. The van der Waals surface area contributed by atoms with Crippen molar-refractivity contribution in [1.29, 1.82) is 0 Å². The first-order valence-electron chi connectivity index (χ1n) is 3.86. The molecular formula is C8H5CsF4O2S2. The van der Waals surface area contributed by atoms with Gasteiger partial charge in [0.15, 0.2) is 0 Å². The SMILES string of the molecule is O=S([O-])C(F)(F)C(F)(F)Sc1ccccc1.[Cs+]. The number of hydrogen-bond donors (Lipinski definition) is 0. The minimum absolute atomic E-state index is 0. The molecule has 90 valence electrons. The van der Waals surface area contributed by atoms with Gasteiger partial charge < -0.3 is 4.55 Å². The Hall–Kier alpha value is 1.45. The minimum Gasteiger partial charge on any atom is -0.768 e. The van der Waals surface area contributed by atoms with E-state index in [1.165, 1.54) is 30.3 Å². The van der Waals surface area contributed by atoms with Crippen molar-refractivity contribution in [2.24, 2.45) is 0 Å². The average molecular weight is 406 g/mol. The summed E-state index contributed by atoms with van der Waals surface area (Å²) in [6.45, 7) is 0. The van der Waals surface area contributed by atoms with Crippen LogP contribution in [0.4, 0.5) is 17.6 Å². The maximum absolute atomic E-state index is 13.0. The Balaban J connectivity index is 0.00000256. The third kappa shape index (κ3) is 4.80. The van der Waals surface area contributed by atoms with E-state index in [4.69, 9.17) is 0 Å². The first-order chi connectivity index (χ1) is 7.27. The molecule has 1 aromatic carbocycles. The summed E-state index contributed by atoms with van der Waals surface area (Å²) in [5.41, 5.74) is 0. The molecule has 1 aromatic rings. The fourth-order valence-electron chi connectivity index (χ4n) is 0.793. The number of thioether (sulfide) groups is 1. The van der Waals surface area contributed by atoms with E-state index >= 15 is 0 Å². The molecule has 0 amide bonds. The fraction of sp³-hybridized carbons (Fsp3) is 0.250. The van der Waals surface area contributed by atoms with E-state index in [1.54, 1.807) is 0 Å². The van der Waals surface area contributed by atoms with Crippen molar-refractivity contribution in [2.45, 2.75) is 15.4 Å². The number of benzene rings is 1. The predicted molar refractivity (Wildman–Crippen MR) is 51.1 cm³/mol. The Bertz CT molecular complexity index is 388. The van der Waals surface area contributed by atoms with E-state index in [0.717, 1.165) is 0 Å². The molecular weight excluding hydrogens is 401 g/mol. The Kier molecular flexibility index (Phi) is 7.91. The van der Waals surface area contributed by atoms with Crippen LogP contribution in [0.1, 0.15) is 0 Å². The smallest absolute Gasteiger partial charge is 0.768 e. The zero-order chi connectivity index (χ0) is 12.4. The molecule has 0 aromatic heterocycles. The van der Waals surface area contributed by atoms with Crippen LogP contribution in [0.2, 0.25) is 0 Å². The summed E-state index contributed by atoms with van der Waals surface area (Å²) in [6, 6.07) is 6.65. The molecule has 0 aliphatic heterocycles. The Morgan fingerprint density at radius 1 is 1.12 bits per heavy atom. The zero-order valence-corrected chi connectivity index (χ0v) is 16.4. The number of alkyl halides is 4. The second kappa shape index (κ2) is 7.29. The van der Waals surface area contributed by atoms with Crippen molar-refractivity contribution >= 4 is 22.8 Å². The average Bonchev–Trinajstić information content (AvgIpc) is 2.18. The number of halogens is 4. The Morgan fingerprint density at radius 3 is 2.00 bits per heavy atom. The number of hydrogen-bond acceptors (Lipinski definition) is 3. The molecule has 0 bridgehead atoms. The van der Waals surface area contributed by atoms with Gasteiger partial charge >= 0.3 is 79.4 Å². The van der Waals surface area contributed by atoms with E-state index in [2.05, 4.69) is 0 Å². The van der Waals surface area contributed by atoms with Crippen molar-refractivity contribution in [3.63, 3.8) is 0 Å². The van der Waals surface area contributed by atoms with Gasteiger partial charge in [-0.1, -0.05) is 18.2 Å². The summed E-state index contributed by atoms with van der Waals surface area (Å²) in [5, 5.41) is -9.81. The van der Waals surface area contributed by atoms with Crippen LogP contribution < -0.4 is 68.9 Å². The summed E-state index contributed by atoms with van der Waals surface area (Å²) in [4.78, 5) is -0.141. The molecule has 0 saturated heterocycles. The van der Waals surface area contributed by atoms with Crippen LogP contribution in [0.3, 0.4) is 0 Å². The number of rotatable bonds is 4. The van der Waals surface area contributed by atoms with Crippen molar-refractivity contribution in [3.05, 3.63) is 30.3 Å². The van der Waals surface area contributed by atoms with E-state index < -0.39 is 33.4 Å². The van der Waals surface area contributed by atoms with Crippen LogP contribution in [0.5, 0.6) is 0 Å². The first kappa shape index (κ1) is 18.5. The Morgan fingerprint density at radius 2 is 1.59 bits per heavy atom. The molecule has 0 spiro atoms. The van der Waals surface area contributed by atoms with Crippen molar-refractivity contribution < 1.29 is 95.2 Å². The quantitative estimate of drug-likeness (QED) is 0.397. The molecule has 0 aliphatic carbocycles. The van der Waals surface area contributed by atoms with Crippen LogP contribution in [0, 0.1) is 0 Å². The standard InChI is InChI=1S/C8H6F4O2S2.Cs/c9-7(10,8(11,12)16(13)14)15-6-4-2-1-3-5-6;/h1-5H,(H,13,14);/q;+1/p-1. The fourth-order valence-corrected chi connectivity index (χ4v) is 2.02. The zero-order valence-electron chi connectivity index (χ0n) is 8.53. The third-order valence-corrected chi connectivity index (χ3v) is 3.36. The predicted octanol–water partition coefficient (Wildman–Crippen LogP) is -0.153. The summed E-state index contributed by atoms with van der Waals surface area (Å²) < 4.78 is 71.2. The maximum atomic E-state index is 13.0. The van der Waals surface area contributed by atoms with Gasteiger partial charge in [0.2, 0.25) is 0 Å². The van der Waals surface area contributed by atoms with Gasteiger partial charge in [0.05, 0.1) is 0 Å². The van der Waals surface area contributed by atoms with E-state index in [-0.39, 0.29) is 73.8 Å². The second-order valence-corrected chi connectivity index (χ2v) is 4.85. The largest absolute Gasteiger partial charge is 1.00 e. The van der Waals surface area contributed by atoms with Gasteiger partial charge in [0, 0.05) is 16.0 Å². The van der Waals surface area contributed by atoms with Crippen molar-refractivity contribution in [2.75, 3.05) is 0 Å². The van der Waals surface area contributed by atoms with Crippen LogP contribution in [0.25, 0.3) is 0 Å². The molecule has 0 fully saturated rings. The first-order valence-corrected chi connectivity index (χ1v) is 5.75. The third-order valence-electron chi connectivity index (χ3n) is 1.54. The van der Waals surface area contributed by atoms with Gasteiger partial charge in [-0.2, -0.15) is 17.6 Å². The minimum atomic E-state index is -5.10. The van der Waals surface area contributed by atoms with E-state index in [0.29, 0.717) is 0 Å². The van der Waals surface area contributed by atoms with Crippen LogP contribution in [-0.4, -0.2) is 19.3 Å². The summed E-state index contributed by atoms with van der Waals surface area (Å²) in [6.07, 6.45) is 0. The van der Waals surface area contributed by atoms with Crippen molar-refractivity contribution in [3.8, 4) is 0 Å². The molecule has 0 saturated carbocycles. The summed E-state index contributed by atoms with van der Waals surface area (Å²) in [7, 11) is 0. The van der Waals surface area contributed by atoms with Gasteiger partial charge in [-0.3, -0.25) is 4.21 Å². The van der Waals surface area contributed by atoms with Crippen LogP contribution in [0.15, 0.2) is 35.2 Å². The molecule has 9 heteroatoms.